The third-order valence-electron chi connectivity index (χ3n) is 7.03. The van der Waals surface area contributed by atoms with Gasteiger partial charge in [0.25, 0.3) is 0 Å². The van der Waals surface area contributed by atoms with Crippen LogP contribution in [0.25, 0.3) is 0 Å². The molecule has 0 spiro atoms. The van der Waals surface area contributed by atoms with E-state index in [4.69, 9.17) is 33.2 Å². The lowest BCUT2D eigenvalue weighted by atomic mass is 9.88. The molecule has 7 nitrogen and oxygen atoms in total. The Bertz CT molecular complexity index is 482. The minimum Gasteiger partial charge on any atom is -0.370 e. The van der Waals surface area contributed by atoms with Crippen molar-refractivity contribution in [3.63, 3.8) is 0 Å². The summed E-state index contributed by atoms with van der Waals surface area (Å²) in [5, 5.41) is 0. The molecule has 2 aliphatic carbocycles. The van der Waals surface area contributed by atoms with Crippen molar-refractivity contribution in [1.29, 1.82) is 0 Å². The van der Waals surface area contributed by atoms with Gasteiger partial charge < -0.3 is 33.2 Å². The molecule has 0 aromatic rings. The zero-order valence-corrected chi connectivity index (χ0v) is 15.7. The van der Waals surface area contributed by atoms with Crippen molar-refractivity contribution >= 4 is 0 Å². The molecule has 6 fully saturated rings. The zero-order chi connectivity index (χ0) is 17.8. The van der Waals surface area contributed by atoms with Gasteiger partial charge in [0, 0.05) is 11.8 Å². The molecule has 4 aliphatic heterocycles. The van der Waals surface area contributed by atoms with Gasteiger partial charge in [0.15, 0.2) is 12.6 Å². The van der Waals surface area contributed by atoms with Crippen molar-refractivity contribution in [3.8, 4) is 0 Å². The van der Waals surface area contributed by atoms with E-state index in [1.807, 2.05) is 0 Å². The van der Waals surface area contributed by atoms with Gasteiger partial charge in [-0.05, 0) is 38.5 Å². The maximum absolute atomic E-state index is 6.11. The number of hydrogen-bond acceptors (Lipinski definition) is 7. The Morgan fingerprint density at radius 3 is 1.37 bits per heavy atom. The summed E-state index contributed by atoms with van der Waals surface area (Å²) in [6.07, 6.45) is 8.36. The summed E-state index contributed by atoms with van der Waals surface area (Å²) in [4.78, 5) is 0. The van der Waals surface area contributed by atoms with Crippen LogP contribution in [0.2, 0.25) is 0 Å². The smallest absolute Gasteiger partial charge is 0.160 e. The third kappa shape index (κ3) is 3.80. The second-order valence-electron chi connectivity index (χ2n) is 9.02. The Morgan fingerprint density at radius 1 is 0.519 bits per heavy atom. The topological polar surface area (TPSA) is 71.2 Å². The van der Waals surface area contributed by atoms with Gasteiger partial charge in [0.05, 0.1) is 50.8 Å². The third-order valence-corrected chi connectivity index (χ3v) is 7.03. The largest absolute Gasteiger partial charge is 0.370 e. The summed E-state index contributed by atoms with van der Waals surface area (Å²) in [6.45, 7) is 2.33. The molecule has 4 heterocycles. The molecule has 0 aromatic heterocycles. The van der Waals surface area contributed by atoms with Gasteiger partial charge in [-0.3, -0.25) is 0 Å². The summed E-state index contributed by atoms with van der Waals surface area (Å²) in [6, 6.07) is 0. The summed E-state index contributed by atoms with van der Waals surface area (Å²) < 4.78 is 41.2. The molecule has 4 saturated heterocycles. The lowest BCUT2D eigenvalue weighted by molar-refractivity contribution is -0.287. The highest BCUT2D eigenvalue weighted by Crippen LogP contribution is 2.43. The van der Waals surface area contributed by atoms with Crippen LogP contribution in [0.3, 0.4) is 0 Å². The normalized spacial score (nSPS) is 54.7. The molecule has 2 saturated carbocycles. The molecule has 0 amide bonds. The van der Waals surface area contributed by atoms with Gasteiger partial charge in [0.2, 0.25) is 0 Å². The van der Waals surface area contributed by atoms with E-state index in [1.54, 1.807) is 0 Å². The first-order valence-corrected chi connectivity index (χ1v) is 10.7. The van der Waals surface area contributed by atoms with E-state index in [-0.39, 0.29) is 24.8 Å². The number of epoxide rings is 2. The fourth-order valence-corrected chi connectivity index (χ4v) is 5.34. The van der Waals surface area contributed by atoms with Crippen molar-refractivity contribution in [1.82, 2.24) is 0 Å². The van der Waals surface area contributed by atoms with Crippen molar-refractivity contribution in [2.75, 3.05) is 26.4 Å². The van der Waals surface area contributed by atoms with Crippen LogP contribution in [-0.4, -0.2) is 75.6 Å². The van der Waals surface area contributed by atoms with E-state index in [1.165, 1.54) is 0 Å². The summed E-state index contributed by atoms with van der Waals surface area (Å²) in [5.74, 6) is 0.921. The Kier molecular flexibility index (Phi) is 4.69. The predicted molar refractivity (Wildman–Crippen MR) is 92.0 cm³/mol. The van der Waals surface area contributed by atoms with Crippen LogP contribution in [0.5, 0.6) is 0 Å². The average molecular weight is 382 g/mol. The fourth-order valence-electron chi connectivity index (χ4n) is 5.34. The molecule has 6 rings (SSSR count). The van der Waals surface area contributed by atoms with Gasteiger partial charge in [-0.25, -0.2) is 0 Å². The molecular formula is C20H30O7. The maximum atomic E-state index is 6.11. The van der Waals surface area contributed by atoms with E-state index in [0.717, 1.165) is 38.5 Å². The van der Waals surface area contributed by atoms with Gasteiger partial charge in [0.1, 0.15) is 12.2 Å². The quantitative estimate of drug-likeness (QED) is 0.684. The molecule has 6 aliphatic rings. The number of hydrogen-bond donors (Lipinski definition) is 0. The van der Waals surface area contributed by atoms with E-state index in [9.17, 15) is 0 Å². The minimum atomic E-state index is -0.0991. The first kappa shape index (κ1) is 17.6. The highest BCUT2D eigenvalue weighted by molar-refractivity contribution is 4.94. The van der Waals surface area contributed by atoms with Crippen LogP contribution >= 0.6 is 0 Å². The van der Waals surface area contributed by atoms with Crippen LogP contribution in [0.4, 0.5) is 0 Å². The van der Waals surface area contributed by atoms with Crippen molar-refractivity contribution in [2.45, 2.75) is 87.7 Å². The molecule has 0 aromatic carbocycles. The predicted octanol–water partition coefficient (Wildman–Crippen LogP) is 1.62. The molecular weight excluding hydrogens is 352 g/mol. The Labute approximate surface area is 159 Å². The second-order valence-corrected chi connectivity index (χ2v) is 9.02. The van der Waals surface area contributed by atoms with Crippen LogP contribution in [0, 0.1) is 11.8 Å². The fraction of sp³-hybridized carbons (Fsp3) is 1.00. The Hall–Kier alpha value is -0.280. The van der Waals surface area contributed by atoms with Crippen molar-refractivity contribution in [3.05, 3.63) is 0 Å². The summed E-state index contributed by atoms with van der Waals surface area (Å²) in [7, 11) is 0. The highest BCUT2D eigenvalue weighted by Gasteiger charge is 2.48. The number of ether oxygens (including phenoxy) is 7. The van der Waals surface area contributed by atoms with E-state index >= 15 is 0 Å². The van der Waals surface area contributed by atoms with Gasteiger partial charge in [-0.15, -0.1) is 0 Å². The molecule has 6 atom stereocenters. The zero-order valence-electron chi connectivity index (χ0n) is 15.7. The highest BCUT2D eigenvalue weighted by atomic mass is 16.7. The summed E-state index contributed by atoms with van der Waals surface area (Å²) in [5.41, 5.74) is 0. The van der Waals surface area contributed by atoms with Crippen LogP contribution in [0.15, 0.2) is 0 Å². The van der Waals surface area contributed by atoms with Gasteiger partial charge >= 0.3 is 0 Å². The van der Waals surface area contributed by atoms with Crippen molar-refractivity contribution in [2.24, 2.45) is 11.8 Å². The number of fused-ring (bicyclic) bond motifs is 2. The number of rotatable bonds is 4. The lowest BCUT2D eigenvalue weighted by Gasteiger charge is -2.38. The monoisotopic (exact) mass is 382 g/mol. The summed E-state index contributed by atoms with van der Waals surface area (Å²) >= 11 is 0. The van der Waals surface area contributed by atoms with Crippen LogP contribution in [0.1, 0.15) is 38.5 Å². The molecule has 27 heavy (non-hydrogen) atoms. The first-order valence-electron chi connectivity index (χ1n) is 10.7. The van der Waals surface area contributed by atoms with Gasteiger partial charge in [-0.2, -0.15) is 0 Å². The molecule has 152 valence electrons. The second kappa shape index (κ2) is 7.20. The Balaban J connectivity index is 0.919. The van der Waals surface area contributed by atoms with Crippen LogP contribution in [-0.2, 0) is 33.2 Å². The van der Waals surface area contributed by atoms with Crippen molar-refractivity contribution < 1.29 is 33.2 Å². The molecule has 7 heteroatoms. The molecule has 0 N–H and O–H groups in total. The first-order chi connectivity index (χ1) is 13.3. The SMILES string of the molecule is C1OC(C2CCC3OC3C2)OCC1OC1COC(C2CCC3OC3C2)OC1. The molecule has 0 radical (unpaired) electrons. The molecule has 0 bridgehead atoms. The van der Waals surface area contributed by atoms with E-state index in [2.05, 4.69) is 0 Å². The Morgan fingerprint density at radius 2 is 0.963 bits per heavy atom. The standard InChI is InChI=1S/C20H30O7/c1-3-15-17(26-15)5-11(1)19-21-7-13(8-22-19)25-14-9-23-20(24-10-14)12-2-4-16-18(6-12)27-16/h11-20H,1-10H2. The molecule has 6 unspecified atom stereocenters. The lowest BCUT2D eigenvalue weighted by Crippen LogP contribution is -2.47. The maximum Gasteiger partial charge on any atom is 0.160 e. The van der Waals surface area contributed by atoms with Gasteiger partial charge in [-0.1, -0.05) is 0 Å². The average Bonchev–Trinajstić information content (AvgIpc) is 3.62. The van der Waals surface area contributed by atoms with E-state index in [0.29, 0.717) is 62.7 Å². The minimum absolute atomic E-state index is 0.0428. The van der Waals surface area contributed by atoms with E-state index < -0.39 is 0 Å². The van der Waals surface area contributed by atoms with Crippen LogP contribution < -0.4 is 0 Å².